The van der Waals surface area contributed by atoms with Gasteiger partial charge in [0.25, 0.3) is 5.91 Å². The predicted molar refractivity (Wildman–Crippen MR) is 123 cm³/mol. The lowest BCUT2D eigenvalue weighted by Gasteiger charge is -2.08. The first-order valence-electron chi connectivity index (χ1n) is 10.3. The number of nitriles is 1. The molecule has 0 fully saturated rings. The molecule has 3 aromatic carbocycles. The molecule has 0 radical (unpaired) electrons. The van der Waals surface area contributed by atoms with Gasteiger partial charge in [-0.1, -0.05) is 48.5 Å². The minimum atomic E-state index is -0.448. The van der Waals surface area contributed by atoms with Crippen molar-refractivity contribution in [1.29, 1.82) is 5.26 Å². The van der Waals surface area contributed by atoms with E-state index in [4.69, 9.17) is 4.74 Å². The standard InChI is InChI=1S/C26H25N3O2/c27-19-22(20-28-18-8-7-11-21-9-3-1-4-10-21)26(30)29-23-14-16-25(17-15-23)31-24-12-5-2-6-13-24/h1-6,9-10,12-17,20,28H,7-8,11,18H2,(H,29,30)/b22-20-. The van der Waals surface area contributed by atoms with Crippen LogP contribution in [-0.2, 0) is 11.2 Å². The van der Waals surface area contributed by atoms with Crippen LogP contribution in [0.4, 0.5) is 5.69 Å². The van der Waals surface area contributed by atoms with E-state index >= 15 is 0 Å². The Morgan fingerprint density at radius 1 is 0.871 bits per heavy atom. The zero-order valence-electron chi connectivity index (χ0n) is 17.3. The number of nitrogens with zero attached hydrogens (tertiary/aromatic N) is 1. The van der Waals surface area contributed by atoms with Gasteiger partial charge in [-0.05, 0) is 61.2 Å². The molecule has 1 amide bonds. The summed E-state index contributed by atoms with van der Waals surface area (Å²) in [7, 11) is 0. The van der Waals surface area contributed by atoms with E-state index in [1.807, 2.05) is 54.6 Å². The molecule has 0 aromatic heterocycles. The average Bonchev–Trinajstić information content (AvgIpc) is 2.81. The average molecular weight is 412 g/mol. The molecule has 3 aromatic rings. The number of nitrogens with one attached hydrogen (secondary N) is 2. The molecule has 0 saturated carbocycles. The number of carbonyl (C=O) groups is 1. The number of aryl methyl sites for hydroxylation is 1. The maximum absolute atomic E-state index is 12.4. The van der Waals surface area contributed by atoms with Crippen LogP contribution in [0, 0.1) is 11.3 Å². The normalized spacial score (nSPS) is 10.7. The van der Waals surface area contributed by atoms with Crippen LogP contribution in [0.15, 0.2) is 96.7 Å². The molecule has 0 saturated heterocycles. The molecule has 0 heterocycles. The van der Waals surface area contributed by atoms with E-state index in [0.717, 1.165) is 25.0 Å². The van der Waals surface area contributed by atoms with Crippen molar-refractivity contribution in [3.8, 4) is 17.6 Å². The lowest BCUT2D eigenvalue weighted by atomic mass is 10.1. The quantitative estimate of drug-likeness (QED) is 0.265. The van der Waals surface area contributed by atoms with Gasteiger partial charge in [-0.3, -0.25) is 4.79 Å². The van der Waals surface area contributed by atoms with Crippen LogP contribution in [0.1, 0.15) is 18.4 Å². The van der Waals surface area contributed by atoms with Gasteiger partial charge >= 0.3 is 0 Å². The molecule has 0 aliphatic heterocycles. The molecule has 31 heavy (non-hydrogen) atoms. The predicted octanol–water partition coefficient (Wildman–Crippen LogP) is 5.44. The molecular formula is C26H25N3O2. The van der Waals surface area contributed by atoms with Crippen molar-refractivity contribution >= 4 is 11.6 Å². The smallest absolute Gasteiger partial charge is 0.267 e. The van der Waals surface area contributed by atoms with Crippen molar-refractivity contribution < 1.29 is 9.53 Å². The van der Waals surface area contributed by atoms with Gasteiger partial charge in [-0.2, -0.15) is 5.26 Å². The van der Waals surface area contributed by atoms with Crippen LogP contribution in [0.2, 0.25) is 0 Å². The van der Waals surface area contributed by atoms with Gasteiger partial charge < -0.3 is 15.4 Å². The number of amides is 1. The molecule has 5 heteroatoms. The molecule has 3 rings (SSSR count). The molecule has 0 bridgehead atoms. The summed E-state index contributed by atoms with van der Waals surface area (Å²) in [5.41, 5.74) is 1.94. The second-order valence-electron chi connectivity index (χ2n) is 6.96. The first kappa shape index (κ1) is 21.7. The summed E-state index contributed by atoms with van der Waals surface area (Å²) >= 11 is 0. The molecule has 0 aliphatic carbocycles. The number of rotatable bonds is 10. The third kappa shape index (κ3) is 7.37. The van der Waals surface area contributed by atoms with Gasteiger partial charge in [0, 0.05) is 18.4 Å². The number of benzene rings is 3. The Labute approximate surface area is 183 Å². The summed E-state index contributed by atoms with van der Waals surface area (Å²) in [5.74, 6) is 0.956. The summed E-state index contributed by atoms with van der Waals surface area (Å²) in [6.07, 6.45) is 4.48. The molecule has 156 valence electrons. The number of carbonyl (C=O) groups excluding carboxylic acids is 1. The number of ether oxygens (including phenoxy) is 1. The van der Waals surface area contributed by atoms with Crippen molar-refractivity contribution in [2.75, 3.05) is 11.9 Å². The summed E-state index contributed by atoms with van der Waals surface area (Å²) < 4.78 is 5.73. The van der Waals surface area contributed by atoms with Crippen LogP contribution in [0.25, 0.3) is 0 Å². The monoisotopic (exact) mass is 411 g/mol. The van der Waals surface area contributed by atoms with E-state index in [9.17, 15) is 10.1 Å². The largest absolute Gasteiger partial charge is 0.457 e. The van der Waals surface area contributed by atoms with Crippen molar-refractivity contribution in [1.82, 2.24) is 5.32 Å². The first-order valence-corrected chi connectivity index (χ1v) is 10.3. The highest BCUT2D eigenvalue weighted by atomic mass is 16.5. The summed E-state index contributed by atoms with van der Waals surface area (Å²) in [6, 6.07) is 28.7. The molecule has 0 aliphatic rings. The van der Waals surface area contributed by atoms with Gasteiger partial charge in [-0.15, -0.1) is 0 Å². The van der Waals surface area contributed by atoms with E-state index in [1.165, 1.54) is 11.8 Å². The second kappa shape index (κ2) is 11.8. The lowest BCUT2D eigenvalue weighted by molar-refractivity contribution is -0.112. The highest BCUT2D eigenvalue weighted by Crippen LogP contribution is 2.22. The molecular weight excluding hydrogens is 386 g/mol. The van der Waals surface area contributed by atoms with E-state index < -0.39 is 5.91 Å². The topological polar surface area (TPSA) is 74.2 Å². The fourth-order valence-corrected chi connectivity index (χ4v) is 2.95. The van der Waals surface area contributed by atoms with Crippen molar-refractivity contribution in [3.63, 3.8) is 0 Å². The van der Waals surface area contributed by atoms with Gasteiger partial charge in [0.2, 0.25) is 0 Å². The third-order valence-electron chi connectivity index (χ3n) is 4.58. The zero-order chi connectivity index (χ0) is 21.7. The van der Waals surface area contributed by atoms with Crippen LogP contribution in [-0.4, -0.2) is 12.5 Å². The van der Waals surface area contributed by atoms with E-state index in [0.29, 0.717) is 18.0 Å². The highest BCUT2D eigenvalue weighted by Gasteiger charge is 2.09. The SMILES string of the molecule is N#C/C(=C/NCCCCc1ccccc1)C(=O)Nc1ccc(Oc2ccccc2)cc1. The Bertz CT molecular complexity index is 1020. The number of para-hydroxylation sites is 1. The Morgan fingerprint density at radius 3 is 2.19 bits per heavy atom. The summed E-state index contributed by atoms with van der Waals surface area (Å²) in [6.45, 7) is 0.705. The van der Waals surface area contributed by atoms with E-state index in [-0.39, 0.29) is 5.57 Å². The Balaban J connectivity index is 1.42. The zero-order valence-corrected chi connectivity index (χ0v) is 17.3. The van der Waals surface area contributed by atoms with E-state index in [2.05, 4.69) is 22.8 Å². The van der Waals surface area contributed by atoms with Crippen molar-refractivity contribution in [2.24, 2.45) is 0 Å². The first-order chi connectivity index (χ1) is 15.2. The Morgan fingerprint density at radius 2 is 1.52 bits per heavy atom. The van der Waals surface area contributed by atoms with Gasteiger partial charge in [0.1, 0.15) is 23.1 Å². The van der Waals surface area contributed by atoms with Gasteiger partial charge in [-0.25, -0.2) is 0 Å². The van der Waals surface area contributed by atoms with Crippen LogP contribution in [0.3, 0.4) is 0 Å². The van der Waals surface area contributed by atoms with E-state index in [1.54, 1.807) is 24.3 Å². The number of hydrogen-bond acceptors (Lipinski definition) is 4. The summed E-state index contributed by atoms with van der Waals surface area (Å²) in [5, 5.41) is 15.1. The fraction of sp³-hybridized carbons (Fsp3) is 0.154. The van der Waals surface area contributed by atoms with Crippen LogP contribution in [0.5, 0.6) is 11.5 Å². The van der Waals surface area contributed by atoms with Crippen molar-refractivity contribution in [2.45, 2.75) is 19.3 Å². The van der Waals surface area contributed by atoms with Crippen LogP contribution < -0.4 is 15.4 Å². The Hall–Kier alpha value is -4.04. The maximum atomic E-state index is 12.4. The summed E-state index contributed by atoms with van der Waals surface area (Å²) in [4.78, 5) is 12.4. The van der Waals surface area contributed by atoms with Crippen molar-refractivity contribution in [3.05, 3.63) is 102 Å². The molecule has 0 atom stereocenters. The Kier molecular flexibility index (Phi) is 8.27. The fourth-order valence-electron chi connectivity index (χ4n) is 2.95. The number of anilines is 1. The minimum Gasteiger partial charge on any atom is -0.457 e. The highest BCUT2D eigenvalue weighted by molar-refractivity contribution is 6.06. The third-order valence-corrected chi connectivity index (χ3v) is 4.58. The molecule has 5 nitrogen and oxygen atoms in total. The molecule has 2 N–H and O–H groups in total. The number of unbranched alkanes of at least 4 members (excludes halogenated alkanes) is 1. The van der Waals surface area contributed by atoms with Crippen LogP contribution >= 0.6 is 0 Å². The number of hydrogen-bond donors (Lipinski definition) is 2. The minimum absolute atomic E-state index is 0.0349. The lowest BCUT2D eigenvalue weighted by Crippen LogP contribution is -2.17. The second-order valence-corrected chi connectivity index (χ2v) is 6.96. The molecule has 0 unspecified atom stereocenters. The van der Waals surface area contributed by atoms with Gasteiger partial charge in [0.15, 0.2) is 0 Å². The molecule has 0 spiro atoms. The van der Waals surface area contributed by atoms with Gasteiger partial charge in [0.05, 0.1) is 0 Å². The maximum Gasteiger partial charge on any atom is 0.267 e.